The van der Waals surface area contributed by atoms with E-state index in [0.717, 1.165) is 0 Å². The van der Waals surface area contributed by atoms with E-state index < -0.39 is 54.6 Å². The van der Waals surface area contributed by atoms with Crippen molar-refractivity contribution in [3.05, 3.63) is 144 Å². The van der Waals surface area contributed by atoms with Crippen LogP contribution in [0.25, 0.3) is 0 Å². The van der Waals surface area contributed by atoms with E-state index in [0.29, 0.717) is 0 Å². The Hall–Kier alpha value is -5.28. The van der Waals surface area contributed by atoms with Gasteiger partial charge in [-0.1, -0.05) is 72.8 Å². The van der Waals surface area contributed by atoms with Crippen LogP contribution >= 0.6 is 0 Å². The van der Waals surface area contributed by atoms with Crippen LogP contribution < -0.4 is 0 Å². The van der Waals surface area contributed by atoms with Crippen LogP contribution in [0.5, 0.6) is 0 Å². The average molecular weight is 581 g/mol. The summed E-state index contributed by atoms with van der Waals surface area (Å²) in [5.74, 6) is -3.03. The molecule has 0 aliphatic carbocycles. The zero-order valence-corrected chi connectivity index (χ0v) is 23.1. The topological polar surface area (TPSA) is 114 Å². The minimum absolute atomic E-state index is 0.195. The maximum Gasteiger partial charge on any atom is 0.340 e. The number of esters is 4. The van der Waals surface area contributed by atoms with Gasteiger partial charge in [0.05, 0.1) is 28.4 Å². The summed E-state index contributed by atoms with van der Waals surface area (Å²) in [6.45, 7) is 1.57. The molecule has 0 unspecified atom stereocenters. The summed E-state index contributed by atoms with van der Waals surface area (Å²) in [4.78, 5) is 52.8. The molecule has 5 rings (SSSR count). The quantitative estimate of drug-likeness (QED) is 0.203. The van der Waals surface area contributed by atoms with Crippen molar-refractivity contribution in [2.24, 2.45) is 0 Å². The fourth-order valence-corrected chi connectivity index (χ4v) is 4.54. The Labute approximate surface area is 247 Å². The molecule has 1 aliphatic rings. The fraction of sp³-hybridized carbons (Fsp3) is 0.176. The lowest BCUT2D eigenvalue weighted by atomic mass is 9.98. The van der Waals surface area contributed by atoms with Gasteiger partial charge in [-0.05, 0) is 55.5 Å². The fourth-order valence-electron chi connectivity index (χ4n) is 4.54. The largest absolute Gasteiger partial charge is 0.452 e. The number of ether oxygens (including phenoxy) is 5. The summed E-state index contributed by atoms with van der Waals surface area (Å²) in [6, 6.07) is 32.7. The van der Waals surface area contributed by atoms with Crippen molar-refractivity contribution in [1.29, 1.82) is 0 Å². The molecule has 1 saturated heterocycles. The molecule has 9 heteroatoms. The Balaban J connectivity index is 1.51. The summed E-state index contributed by atoms with van der Waals surface area (Å²) in [5, 5.41) is 0. The van der Waals surface area contributed by atoms with Gasteiger partial charge < -0.3 is 23.7 Å². The highest BCUT2D eigenvalue weighted by molar-refractivity contribution is 5.92. The lowest BCUT2D eigenvalue weighted by Crippen LogP contribution is -2.61. The van der Waals surface area contributed by atoms with E-state index in [-0.39, 0.29) is 22.3 Å². The molecule has 218 valence electrons. The summed E-state index contributed by atoms with van der Waals surface area (Å²) >= 11 is 0. The molecule has 1 aliphatic heterocycles. The molecule has 4 aromatic rings. The molecular weight excluding hydrogens is 552 g/mol. The van der Waals surface area contributed by atoms with Crippen LogP contribution in [0.3, 0.4) is 0 Å². The van der Waals surface area contributed by atoms with Crippen molar-refractivity contribution in [1.82, 2.24) is 0 Å². The normalized spacial score (nSPS) is 21.2. The summed E-state index contributed by atoms with van der Waals surface area (Å²) in [5.41, 5.74) is 0.876. The molecule has 0 bridgehead atoms. The molecular formula is C34H28O9. The molecule has 0 saturated carbocycles. The van der Waals surface area contributed by atoms with Crippen molar-refractivity contribution in [3.8, 4) is 0 Å². The number of hydrogen-bond acceptors (Lipinski definition) is 9. The number of hydrogen-bond donors (Lipinski definition) is 0. The van der Waals surface area contributed by atoms with Crippen LogP contribution in [0.1, 0.15) is 48.4 Å². The predicted octanol–water partition coefficient (Wildman–Crippen LogP) is 5.27. The van der Waals surface area contributed by atoms with Crippen LogP contribution in [0.15, 0.2) is 121 Å². The van der Waals surface area contributed by atoms with Gasteiger partial charge in [0, 0.05) is 0 Å². The molecule has 4 aromatic carbocycles. The van der Waals surface area contributed by atoms with E-state index in [1.54, 1.807) is 116 Å². The minimum Gasteiger partial charge on any atom is -0.452 e. The summed E-state index contributed by atoms with van der Waals surface area (Å²) < 4.78 is 29.2. The monoisotopic (exact) mass is 580 g/mol. The van der Waals surface area contributed by atoms with Crippen molar-refractivity contribution in [2.75, 3.05) is 0 Å². The van der Waals surface area contributed by atoms with Crippen LogP contribution in [0.4, 0.5) is 0 Å². The average Bonchev–Trinajstić information content (AvgIpc) is 3.05. The van der Waals surface area contributed by atoms with Gasteiger partial charge in [-0.2, -0.15) is 0 Å². The Kier molecular flexibility index (Phi) is 9.23. The SMILES string of the molecule is C[C@@H]1O[C@@H](OC(=O)c2ccccc2)[C@@H](OC(=O)c2ccccc2)[C@@H](OC(=O)c2ccccc2)[C@H]1OC(=O)c1ccccc1. The number of carbonyl (C=O) groups is 4. The van der Waals surface area contributed by atoms with Gasteiger partial charge in [-0.15, -0.1) is 0 Å². The van der Waals surface area contributed by atoms with Gasteiger partial charge >= 0.3 is 23.9 Å². The molecule has 0 amide bonds. The third kappa shape index (κ3) is 7.14. The second-order valence-electron chi connectivity index (χ2n) is 9.69. The maximum atomic E-state index is 13.3. The molecule has 5 atom stereocenters. The molecule has 0 spiro atoms. The minimum atomic E-state index is -1.52. The van der Waals surface area contributed by atoms with Gasteiger partial charge in [-0.3, -0.25) is 0 Å². The van der Waals surface area contributed by atoms with Crippen LogP contribution in [-0.2, 0) is 23.7 Å². The predicted molar refractivity (Wildman–Crippen MR) is 153 cm³/mol. The maximum absolute atomic E-state index is 13.3. The summed E-state index contributed by atoms with van der Waals surface area (Å²) in [7, 11) is 0. The zero-order valence-electron chi connectivity index (χ0n) is 23.1. The van der Waals surface area contributed by atoms with E-state index in [4.69, 9.17) is 23.7 Å². The van der Waals surface area contributed by atoms with Crippen molar-refractivity contribution < 1.29 is 42.9 Å². The first kappa shape index (κ1) is 29.2. The smallest absolute Gasteiger partial charge is 0.340 e. The first-order chi connectivity index (χ1) is 20.9. The van der Waals surface area contributed by atoms with Gasteiger partial charge in [0.1, 0.15) is 0 Å². The molecule has 0 N–H and O–H groups in total. The van der Waals surface area contributed by atoms with E-state index in [9.17, 15) is 19.2 Å². The molecule has 0 radical (unpaired) electrons. The Morgan fingerprint density at radius 1 is 0.442 bits per heavy atom. The van der Waals surface area contributed by atoms with E-state index in [1.165, 1.54) is 12.1 Å². The second kappa shape index (κ2) is 13.6. The van der Waals surface area contributed by atoms with E-state index in [2.05, 4.69) is 0 Å². The van der Waals surface area contributed by atoms with E-state index >= 15 is 0 Å². The third-order valence-electron chi connectivity index (χ3n) is 6.72. The van der Waals surface area contributed by atoms with Gasteiger partial charge in [-0.25, -0.2) is 19.2 Å². The number of rotatable bonds is 8. The van der Waals surface area contributed by atoms with Crippen LogP contribution in [-0.4, -0.2) is 54.6 Å². The Morgan fingerprint density at radius 3 is 1.12 bits per heavy atom. The molecule has 9 nitrogen and oxygen atoms in total. The second-order valence-corrected chi connectivity index (χ2v) is 9.69. The van der Waals surface area contributed by atoms with E-state index in [1.807, 2.05) is 0 Å². The third-order valence-corrected chi connectivity index (χ3v) is 6.72. The van der Waals surface area contributed by atoms with Crippen molar-refractivity contribution in [3.63, 3.8) is 0 Å². The Morgan fingerprint density at radius 2 is 0.744 bits per heavy atom. The highest BCUT2D eigenvalue weighted by atomic mass is 16.7. The lowest BCUT2D eigenvalue weighted by molar-refractivity contribution is -0.274. The highest BCUT2D eigenvalue weighted by Gasteiger charge is 2.53. The number of carbonyl (C=O) groups excluding carboxylic acids is 4. The Bertz CT molecular complexity index is 1540. The molecule has 1 heterocycles. The van der Waals surface area contributed by atoms with Crippen LogP contribution in [0.2, 0.25) is 0 Å². The lowest BCUT2D eigenvalue weighted by Gasteiger charge is -2.43. The zero-order chi connectivity index (χ0) is 30.2. The summed E-state index contributed by atoms with van der Waals surface area (Å²) in [6.07, 6.45) is -6.67. The molecule has 1 fully saturated rings. The first-order valence-corrected chi connectivity index (χ1v) is 13.6. The van der Waals surface area contributed by atoms with Crippen molar-refractivity contribution >= 4 is 23.9 Å². The van der Waals surface area contributed by atoms with Crippen LogP contribution in [0, 0.1) is 0 Å². The van der Waals surface area contributed by atoms with Gasteiger partial charge in [0.2, 0.25) is 12.4 Å². The standard InChI is InChI=1S/C34H28O9/c1-22-27(40-30(35)23-14-6-2-7-15-23)28(41-31(36)24-16-8-3-9-17-24)29(42-32(37)25-18-10-4-11-19-25)34(39-22)43-33(38)26-20-12-5-13-21-26/h2-22,27-29,34H,1H3/t22-,27-,28-,29-,34-/m0/s1. The van der Waals surface area contributed by atoms with Gasteiger partial charge in [0.25, 0.3) is 0 Å². The number of benzene rings is 4. The van der Waals surface area contributed by atoms with Gasteiger partial charge in [0.15, 0.2) is 12.2 Å². The first-order valence-electron chi connectivity index (χ1n) is 13.6. The highest BCUT2D eigenvalue weighted by Crippen LogP contribution is 2.31. The molecule has 43 heavy (non-hydrogen) atoms. The molecule has 0 aromatic heterocycles. The van der Waals surface area contributed by atoms with Crippen molar-refractivity contribution in [2.45, 2.75) is 37.6 Å².